The fraction of sp³-hybridized carbons (Fsp3) is 0.450. The van der Waals surface area contributed by atoms with Crippen LogP contribution in [0.5, 0.6) is 0 Å². The van der Waals surface area contributed by atoms with E-state index in [1.807, 2.05) is 19.2 Å². The Morgan fingerprint density at radius 2 is 2.17 bits per heavy atom. The van der Waals surface area contributed by atoms with Gasteiger partial charge in [-0.1, -0.05) is 5.21 Å². The topological polar surface area (TPSA) is 97.6 Å². The van der Waals surface area contributed by atoms with Gasteiger partial charge in [-0.15, -0.1) is 5.10 Å². The molecule has 2 fully saturated rings. The van der Waals surface area contributed by atoms with Crippen LogP contribution in [-0.2, 0) is 4.74 Å². The molecule has 5 heterocycles. The molecule has 1 atom stereocenters. The first kappa shape index (κ1) is 18.0. The summed E-state index contributed by atoms with van der Waals surface area (Å²) in [5, 5.41) is 16.0. The molecule has 0 amide bonds. The summed E-state index contributed by atoms with van der Waals surface area (Å²) in [6.07, 6.45) is 4.16. The molecular formula is C20H22N8OS. The molecule has 1 aliphatic carbocycles. The van der Waals surface area contributed by atoms with Crippen LogP contribution in [0.25, 0.3) is 32.9 Å². The molecule has 1 saturated heterocycles. The maximum absolute atomic E-state index is 5.65. The van der Waals surface area contributed by atoms with Gasteiger partial charge >= 0.3 is 0 Å². The molecule has 154 valence electrons. The number of rotatable bonds is 4. The quantitative estimate of drug-likeness (QED) is 0.539. The lowest BCUT2D eigenvalue weighted by atomic mass is 10.1. The van der Waals surface area contributed by atoms with Crippen LogP contribution in [0.1, 0.15) is 31.5 Å². The molecule has 30 heavy (non-hydrogen) atoms. The van der Waals surface area contributed by atoms with Crippen LogP contribution < -0.4 is 4.90 Å². The minimum Gasteiger partial charge on any atom is -0.377 e. The normalized spacial score (nSPS) is 19.7. The third kappa shape index (κ3) is 2.90. The Morgan fingerprint density at radius 3 is 2.93 bits per heavy atom. The summed E-state index contributed by atoms with van der Waals surface area (Å²) in [4.78, 5) is 7.39. The maximum Gasteiger partial charge on any atom is 0.130 e. The minimum absolute atomic E-state index is 0.257. The van der Waals surface area contributed by atoms with Crippen molar-refractivity contribution < 1.29 is 4.74 Å². The summed E-state index contributed by atoms with van der Waals surface area (Å²) in [5.74, 6) is 0.939. The van der Waals surface area contributed by atoms with Gasteiger partial charge in [-0.3, -0.25) is 5.10 Å². The summed E-state index contributed by atoms with van der Waals surface area (Å²) in [6, 6.07) is 4.88. The Hall–Kier alpha value is -2.85. The average Bonchev–Trinajstić information content (AvgIpc) is 3.14. The zero-order valence-electron chi connectivity index (χ0n) is 16.9. The van der Waals surface area contributed by atoms with Crippen LogP contribution >= 0.6 is 11.5 Å². The van der Waals surface area contributed by atoms with Crippen LogP contribution in [0.2, 0.25) is 0 Å². The van der Waals surface area contributed by atoms with Crippen LogP contribution in [0, 0.1) is 6.92 Å². The zero-order valence-corrected chi connectivity index (χ0v) is 17.7. The number of aromatic nitrogens is 7. The fourth-order valence-electron chi connectivity index (χ4n) is 4.06. The van der Waals surface area contributed by atoms with Gasteiger partial charge in [0.2, 0.25) is 0 Å². The van der Waals surface area contributed by atoms with E-state index < -0.39 is 0 Å². The van der Waals surface area contributed by atoms with E-state index in [1.165, 1.54) is 11.5 Å². The molecule has 2 aliphatic rings. The van der Waals surface area contributed by atoms with Crippen LogP contribution in [0.4, 0.5) is 5.82 Å². The summed E-state index contributed by atoms with van der Waals surface area (Å²) in [7, 11) is 0. The number of aryl methyl sites for hydroxylation is 1. The van der Waals surface area contributed by atoms with Gasteiger partial charge in [0.25, 0.3) is 0 Å². The molecular weight excluding hydrogens is 400 g/mol. The highest BCUT2D eigenvalue weighted by atomic mass is 32.1. The highest BCUT2D eigenvalue weighted by Gasteiger charge is 2.30. The van der Waals surface area contributed by atoms with Crippen LogP contribution in [0.3, 0.4) is 0 Å². The molecule has 0 radical (unpaired) electrons. The maximum atomic E-state index is 5.65. The molecule has 0 unspecified atom stereocenters. The first-order valence-electron chi connectivity index (χ1n) is 10.3. The smallest absolute Gasteiger partial charge is 0.130 e. The number of hydrogen-bond acceptors (Lipinski definition) is 8. The number of aromatic amines is 1. The van der Waals surface area contributed by atoms with Crippen molar-refractivity contribution in [1.82, 2.24) is 34.5 Å². The van der Waals surface area contributed by atoms with Crippen molar-refractivity contribution in [2.75, 3.05) is 24.7 Å². The fourth-order valence-corrected chi connectivity index (χ4v) is 4.92. The summed E-state index contributed by atoms with van der Waals surface area (Å²) >= 11 is 1.47. The van der Waals surface area contributed by atoms with Crippen LogP contribution in [-0.4, -0.2) is 60.3 Å². The van der Waals surface area contributed by atoms with Gasteiger partial charge in [0, 0.05) is 12.1 Å². The van der Waals surface area contributed by atoms with Crippen molar-refractivity contribution in [3.8, 4) is 22.6 Å². The molecule has 9 nitrogen and oxygen atoms in total. The van der Waals surface area contributed by atoms with E-state index in [1.54, 1.807) is 0 Å². The Labute approximate surface area is 177 Å². The molecule has 6 rings (SSSR count). The lowest BCUT2D eigenvalue weighted by Crippen LogP contribution is -2.44. The van der Waals surface area contributed by atoms with E-state index in [9.17, 15) is 0 Å². The zero-order chi connectivity index (χ0) is 20.2. The lowest BCUT2D eigenvalue weighted by Gasteiger charge is -2.34. The van der Waals surface area contributed by atoms with E-state index in [2.05, 4.69) is 43.1 Å². The Balaban J connectivity index is 1.58. The van der Waals surface area contributed by atoms with Gasteiger partial charge in [0.1, 0.15) is 17.0 Å². The molecule has 1 aliphatic heterocycles. The first-order chi connectivity index (χ1) is 14.7. The van der Waals surface area contributed by atoms with Crippen molar-refractivity contribution in [3.05, 3.63) is 24.0 Å². The van der Waals surface area contributed by atoms with Gasteiger partial charge < -0.3 is 9.64 Å². The predicted molar refractivity (Wildman–Crippen MR) is 115 cm³/mol. The number of nitrogens with one attached hydrogen (secondary N) is 1. The van der Waals surface area contributed by atoms with E-state index in [0.717, 1.165) is 63.8 Å². The van der Waals surface area contributed by atoms with Crippen molar-refractivity contribution in [3.63, 3.8) is 0 Å². The predicted octanol–water partition coefficient (Wildman–Crippen LogP) is 3.21. The summed E-state index contributed by atoms with van der Waals surface area (Å²) in [6.45, 7) is 6.36. The van der Waals surface area contributed by atoms with Crippen molar-refractivity contribution in [1.29, 1.82) is 0 Å². The molecule has 0 spiro atoms. The van der Waals surface area contributed by atoms with E-state index in [4.69, 9.17) is 14.1 Å². The van der Waals surface area contributed by atoms with Crippen LogP contribution in [0.15, 0.2) is 18.3 Å². The van der Waals surface area contributed by atoms with Gasteiger partial charge in [0.05, 0.1) is 53.3 Å². The first-order valence-corrected chi connectivity index (χ1v) is 11.0. The number of fused-ring (bicyclic) bond motifs is 1. The van der Waals surface area contributed by atoms with Crippen molar-refractivity contribution in [2.24, 2.45) is 0 Å². The Morgan fingerprint density at radius 1 is 1.27 bits per heavy atom. The second-order valence-electron chi connectivity index (χ2n) is 8.07. The van der Waals surface area contributed by atoms with E-state index in [0.29, 0.717) is 19.3 Å². The van der Waals surface area contributed by atoms with Gasteiger partial charge in [0.15, 0.2) is 0 Å². The third-order valence-electron chi connectivity index (χ3n) is 5.78. The number of nitrogens with zero attached hydrogens (tertiary/aromatic N) is 7. The molecule has 1 N–H and O–H groups in total. The Kier molecular flexibility index (Phi) is 4.10. The van der Waals surface area contributed by atoms with Crippen molar-refractivity contribution in [2.45, 2.75) is 38.8 Å². The van der Waals surface area contributed by atoms with E-state index >= 15 is 0 Å². The summed E-state index contributed by atoms with van der Waals surface area (Å²) < 4.78 is 13.5. The Bertz CT molecular complexity index is 1220. The molecule has 4 aromatic heterocycles. The number of pyridine rings is 1. The second-order valence-corrected chi connectivity index (χ2v) is 8.85. The average molecular weight is 423 g/mol. The molecule has 4 aromatic rings. The third-order valence-corrected chi connectivity index (χ3v) is 6.65. The standard InChI is InChI=1S/C20H22N8OS/c1-11-7-15(24-23-11)18-19-20(30-25-18)14(16-9-21-26-28(16)13-3-4-13)8-17(22-19)27-5-6-29-10-12(27)2/h7-9,12-13H,3-6,10H2,1-2H3,(H,23,24)/t12-/m1/s1. The highest BCUT2D eigenvalue weighted by molar-refractivity contribution is 7.14. The summed E-state index contributed by atoms with van der Waals surface area (Å²) in [5.41, 5.74) is 5.66. The monoisotopic (exact) mass is 422 g/mol. The SMILES string of the molecule is Cc1cc(-c2nsc3c(-c4cnnn4C4CC4)cc(N4CCOC[C@H]4C)nc23)[nH]n1. The number of hydrogen-bond donors (Lipinski definition) is 1. The number of H-pyrrole nitrogens is 1. The number of ether oxygens (including phenoxy) is 1. The van der Waals surface area contributed by atoms with Gasteiger partial charge in [-0.25, -0.2) is 9.67 Å². The highest BCUT2D eigenvalue weighted by Crippen LogP contribution is 2.42. The van der Waals surface area contributed by atoms with Crippen molar-refractivity contribution >= 4 is 27.6 Å². The van der Waals surface area contributed by atoms with E-state index in [-0.39, 0.29) is 6.04 Å². The van der Waals surface area contributed by atoms with Gasteiger partial charge in [-0.05, 0) is 50.4 Å². The molecule has 1 saturated carbocycles. The number of morpholine rings is 1. The molecule has 0 aromatic carbocycles. The molecule has 0 bridgehead atoms. The van der Waals surface area contributed by atoms with Gasteiger partial charge in [-0.2, -0.15) is 9.47 Å². The second kappa shape index (κ2) is 6.85. The largest absolute Gasteiger partial charge is 0.377 e. The minimum atomic E-state index is 0.257. The lowest BCUT2D eigenvalue weighted by molar-refractivity contribution is 0.0986. The molecule has 10 heteroatoms. The number of anilines is 1.